The molecule has 0 spiro atoms. The number of nitrogens with one attached hydrogen (secondary N) is 2. The molecule has 1 aromatic carbocycles. The summed E-state index contributed by atoms with van der Waals surface area (Å²) in [4.78, 5) is 27.9. The zero-order valence-corrected chi connectivity index (χ0v) is 15.0. The van der Waals surface area contributed by atoms with Crippen molar-refractivity contribution in [2.45, 2.75) is 19.8 Å². The Morgan fingerprint density at radius 1 is 1.27 bits per heavy atom. The van der Waals surface area contributed by atoms with E-state index in [9.17, 15) is 4.79 Å². The van der Waals surface area contributed by atoms with Gasteiger partial charge in [-0.3, -0.25) is 4.79 Å². The van der Waals surface area contributed by atoms with E-state index >= 15 is 0 Å². The zero-order chi connectivity index (χ0) is 18.1. The minimum absolute atomic E-state index is 0.137. The molecule has 4 rings (SSSR count). The maximum absolute atomic E-state index is 12.3. The van der Waals surface area contributed by atoms with Gasteiger partial charge in [-0.1, -0.05) is 17.7 Å². The molecule has 0 saturated carbocycles. The first kappa shape index (κ1) is 16.7. The highest BCUT2D eigenvalue weighted by molar-refractivity contribution is 6.41. The highest BCUT2D eigenvalue weighted by atomic mass is 16.1. The fourth-order valence-corrected chi connectivity index (χ4v) is 3.46. The topological polar surface area (TPSA) is 82.5 Å². The molecule has 0 bridgehead atoms. The number of likely N-dealkylation sites (N-methyl/N-ethyl adjacent to an activating group) is 1. The Labute approximate surface area is 152 Å². The van der Waals surface area contributed by atoms with Gasteiger partial charge in [-0.05, 0) is 32.0 Å². The van der Waals surface area contributed by atoms with Gasteiger partial charge in [0, 0.05) is 31.7 Å². The van der Waals surface area contributed by atoms with Gasteiger partial charge in [-0.2, -0.15) is 0 Å². The van der Waals surface area contributed by atoms with Crippen LogP contribution in [0.4, 0.5) is 17.2 Å². The Hall–Kier alpha value is -2.80. The molecule has 0 unspecified atom stereocenters. The van der Waals surface area contributed by atoms with E-state index in [1.165, 1.54) is 16.8 Å². The monoisotopic (exact) mass is 350 g/mol. The van der Waals surface area contributed by atoms with Crippen molar-refractivity contribution in [2.75, 3.05) is 31.6 Å². The van der Waals surface area contributed by atoms with Crippen molar-refractivity contribution in [1.82, 2.24) is 20.6 Å². The molecule has 2 N–H and O–H groups in total. The third kappa shape index (κ3) is 2.94. The van der Waals surface area contributed by atoms with Crippen LogP contribution in [-0.4, -0.2) is 48.3 Å². The molecular weight excluding hydrogens is 328 g/mol. The molecule has 1 aromatic heterocycles. The highest BCUT2D eigenvalue weighted by Gasteiger charge is 2.29. The smallest absolute Gasteiger partial charge is 0.266 e. The molecule has 2 aromatic rings. The van der Waals surface area contributed by atoms with Crippen molar-refractivity contribution in [3.8, 4) is 0 Å². The van der Waals surface area contributed by atoms with Crippen LogP contribution in [0.25, 0.3) is 0 Å². The van der Waals surface area contributed by atoms with Gasteiger partial charge in [0.25, 0.3) is 5.91 Å². The summed E-state index contributed by atoms with van der Waals surface area (Å²) >= 11 is 0. The van der Waals surface area contributed by atoms with E-state index in [0.717, 1.165) is 36.7 Å². The summed E-state index contributed by atoms with van der Waals surface area (Å²) in [6, 6.07) is 6.47. The minimum Gasteiger partial charge on any atom is -0.350 e. The maximum Gasteiger partial charge on any atom is 0.266 e. The van der Waals surface area contributed by atoms with E-state index in [1.54, 1.807) is 6.33 Å². The molecule has 1 amide bonds. The maximum atomic E-state index is 12.3. The van der Waals surface area contributed by atoms with E-state index in [0.29, 0.717) is 18.7 Å². The van der Waals surface area contributed by atoms with Gasteiger partial charge in [0.05, 0.1) is 5.69 Å². The SMILES string of the molecule is CNCCNC(=O)C1=Nc2c(ncnc2N2CCc3cc(C)ccc32)C1. The molecule has 0 aliphatic carbocycles. The Balaban J connectivity index is 1.62. The summed E-state index contributed by atoms with van der Waals surface area (Å²) in [6.45, 7) is 4.26. The summed E-state index contributed by atoms with van der Waals surface area (Å²) in [5, 5.41) is 5.88. The zero-order valence-electron chi connectivity index (χ0n) is 15.0. The van der Waals surface area contributed by atoms with Crippen molar-refractivity contribution in [1.29, 1.82) is 0 Å². The van der Waals surface area contributed by atoms with Crippen LogP contribution in [0, 0.1) is 6.92 Å². The second-order valence-corrected chi connectivity index (χ2v) is 6.62. The molecule has 26 heavy (non-hydrogen) atoms. The molecule has 0 saturated heterocycles. The Kier molecular flexibility index (Phi) is 4.38. The van der Waals surface area contributed by atoms with E-state index < -0.39 is 0 Å². The lowest BCUT2D eigenvalue weighted by atomic mass is 10.1. The van der Waals surface area contributed by atoms with Crippen LogP contribution in [0.15, 0.2) is 29.5 Å². The quantitative estimate of drug-likeness (QED) is 0.798. The molecule has 0 fully saturated rings. The highest BCUT2D eigenvalue weighted by Crippen LogP contribution is 2.41. The Bertz CT molecular complexity index is 892. The van der Waals surface area contributed by atoms with Crippen molar-refractivity contribution >= 4 is 28.8 Å². The second kappa shape index (κ2) is 6.84. The molecule has 7 nitrogen and oxygen atoms in total. The van der Waals surface area contributed by atoms with Crippen LogP contribution in [0.3, 0.4) is 0 Å². The minimum atomic E-state index is -0.137. The average molecular weight is 350 g/mol. The lowest BCUT2D eigenvalue weighted by Gasteiger charge is -2.19. The number of amides is 1. The van der Waals surface area contributed by atoms with Crippen molar-refractivity contribution in [2.24, 2.45) is 4.99 Å². The van der Waals surface area contributed by atoms with E-state index in [2.05, 4.69) is 55.6 Å². The number of hydrogen-bond acceptors (Lipinski definition) is 6. The van der Waals surface area contributed by atoms with Gasteiger partial charge in [-0.25, -0.2) is 15.0 Å². The van der Waals surface area contributed by atoms with Crippen LogP contribution in [-0.2, 0) is 17.6 Å². The van der Waals surface area contributed by atoms with Crippen molar-refractivity contribution in [3.63, 3.8) is 0 Å². The summed E-state index contributed by atoms with van der Waals surface area (Å²) in [7, 11) is 1.85. The predicted octanol–water partition coefficient (Wildman–Crippen LogP) is 1.44. The van der Waals surface area contributed by atoms with Gasteiger partial charge in [0.1, 0.15) is 17.7 Å². The average Bonchev–Trinajstić information content (AvgIpc) is 3.25. The number of fused-ring (bicyclic) bond motifs is 2. The molecule has 2 aliphatic rings. The van der Waals surface area contributed by atoms with Crippen LogP contribution < -0.4 is 15.5 Å². The number of aromatic nitrogens is 2. The van der Waals surface area contributed by atoms with E-state index in [1.807, 2.05) is 7.05 Å². The fourth-order valence-electron chi connectivity index (χ4n) is 3.46. The summed E-state index contributed by atoms with van der Waals surface area (Å²) in [5.74, 6) is 0.650. The van der Waals surface area contributed by atoms with Crippen LogP contribution >= 0.6 is 0 Å². The molecule has 3 heterocycles. The summed E-state index contributed by atoms with van der Waals surface area (Å²) < 4.78 is 0. The molecule has 7 heteroatoms. The first-order valence-electron chi connectivity index (χ1n) is 8.88. The Morgan fingerprint density at radius 2 is 2.15 bits per heavy atom. The first-order chi connectivity index (χ1) is 12.7. The number of anilines is 2. The standard InChI is InChI=1S/C19H22N6O/c1-12-3-4-16-13(9-12)5-8-25(16)18-17-14(22-11-23-18)10-15(24-17)19(26)21-7-6-20-2/h3-4,9,11,20H,5-8,10H2,1-2H3,(H,21,26). The lowest BCUT2D eigenvalue weighted by Crippen LogP contribution is -2.35. The number of aryl methyl sites for hydroxylation is 1. The van der Waals surface area contributed by atoms with Gasteiger partial charge >= 0.3 is 0 Å². The van der Waals surface area contributed by atoms with Crippen LogP contribution in [0.5, 0.6) is 0 Å². The van der Waals surface area contributed by atoms with E-state index in [4.69, 9.17) is 0 Å². The van der Waals surface area contributed by atoms with Gasteiger partial charge in [-0.15, -0.1) is 0 Å². The number of aliphatic imine (C=N–C) groups is 1. The normalized spacial score (nSPS) is 14.8. The summed E-state index contributed by atoms with van der Waals surface area (Å²) in [6.07, 6.45) is 3.00. The second-order valence-electron chi connectivity index (χ2n) is 6.62. The van der Waals surface area contributed by atoms with Gasteiger partial charge in [0.2, 0.25) is 0 Å². The molecular formula is C19H22N6O. The predicted molar refractivity (Wildman–Crippen MR) is 102 cm³/mol. The number of rotatable bonds is 5. The largest absolute Gasteiger partial charge is 0.350 e. The fraction of sp³-hybridized carbons (Fsp3) is 0.368. The number of nitrogens with zero attached hydrogens (tertiary/aromatic N) is 4. The third-order valence-electron chi connectivity index (χ3n) is 4.77. The number of benzene rings is 1. The van der Waals surface area contributed by atoms with Crippen LogP contribution in [0.2, 0.25) is 0 Å². The Morgan fingerprint density at radius 3 is 3.00 bits per heavy atom. The lowest BCUT2D eigenvalue weighted by molar-refractivity contribution is -0.114. The molecule has 0 radical (unpaired) electrons. The van der Waals surface area contributed by atoms with Gasteiger partial charge in [0.15, 0.2) is 5.82 Å². The summed E-state index contributed by atoms with van der Waals surface area (Å²) in [5.41, 5.74) is 5.79. The third-order valence-corrected chi connectivity index (χ3v) is 4.77. The van der Waals surface area contributed by atoms with Crippen LogP contribution in [0.1, 0.15) is 16.8 Å². The van der Waals surface area contributed by atoms with E-state index in [-0.39, 0.29) is 5.91 Å². The number of carbonyl (C=O) groups is 1. The molecule has 0 atom stereocenters. The first-order valence-corrected chi connectivity index (χ1v) is 8.88. The molecule has 134 valence electrons. The van der Waals surface area contributed by atoms with Crippen molar-refractivity contribution < 1.29 is 4.79 Å². The van der Waals surface area contributed by atoms with Gasteiger partial charge < -0.3 is 15.5 Å². The number of hydrogen-bond donors (Lipinski definition) is 2. The van der Waals surface area contributed by atoms with Crippen molar-refractivity contribution in [3.05, 3.63) is 41.3 Å². The molecule has 2 aliphatic heterocycles. The number of carbonyl (C=O) groups excluding carboxylic acids is 1.